The van der Waals surface area contributed by atoms with Gasteiger partial charge in [-0.2, -0.15) is 5.11 Å². The summed E-state index contributed by atoms with van der Waals surface area (Å²) in [5, 5.41) is 16.4. The Labute approximate surface area is 282 Å². The number of anilines is 1. The van der Waals surface area contributed by atoms with Crippen LogP contribution in [0.3, 0.4) is 0 Å². The second kappa shape index (κ2) is 11.0. The lowest BCUT2D eigenvalue weighted by atomic mass is 9.95. The highest BCUT2D eigenvalue weighted by Crippen LogP contribution is 2.45. The maximum atomic E-state index is 4.77. The number of fused-ring (bicyclic) bond motifs is 6. The smallest absolute Gasteiger partial charge is 0.126 e. The zero-order valence-electron chi connectivity index (χ0n) is 26.4. The number of aromatic nitrogens is 4. The van der Waals surface area contributed by atoms with E-state index >= 15 is 0 Å². The summed E-state index contributed by atoms with van der Waals surface area (Å²) in [6.45, 7) is 0. The van der Waals surface area contributed by atoms with Gasteiger partial charge < -0.3 is 9.13 Å². The molecule has 0 aliphatic carbocycles. The number of nitrogens with zero attached hydrogens (tertiary/aromatic N) is 7. The third-order valence-corrected chi connectivity index (χ3v) is 9.73. The Morgan fingerprint density at radius 2 is 0.980 bits per heavy atom. The van der Waals surface area contributed by atoms with Crippen molar-refractivity contribution >= 4 is 49.3 Å². The zero-order valence-corrected chi connectivity index (χ0v) is 26.4. The van der Waals surface area contributed by atoms with E-state index in [0.717, 1.165) is 44.6 Å². The molecule has 2 atom stereocenters. The summed E-state index contributed by atoms with van der Waals surface area (Å²) in [7, 11) is 0. The molecule has 9 aromatic rings. The Kier molecular flexibility index (Phi) is 6.17. The summed E-state index contributed by atoms with van der Waals surface area (Å²) in [4.78, 5) is 8.82. The maximum absolute atomic E-state index is 4.77. The van der Waals surface area contributed by atoms with Crippen LogP contribution in [0.4, 0.5) is 5.69 Å². The average molecular weight is 632 g/mol. The van der Waals surface area contributed by atoms with E-state index in [1.807, 2.05) is 29.5 Å². The minimum Gasteiger partial charge on any atom is -0.309 e. The van der Waals surface area contributed by atoms with Crippen molar-refractivity contribution in [3.05, 3.63) is 175 Å². The second-order valence-corrected chi connectivity index (χ2v) is 12.5. The van der Waals surface area contributed by atoms with Crippen LogP contribution >= 0.6 is 0 Å². The van der Waals surface area contributed by atoms with E-state index in [2.05, 4.69) is 146 Å². The fraction of sp³-hybridized carbons (Fsp3) is 0.0476. The van der Waals surface area contributed by atoms with Gasteiger partial charge in [0.2, 0.25) is 0 Å². The van der Waals surface area contributed by atoms with Crippen molar-refractivity contribution in [1.29, 1.82) is 0 Å². The van der Waals surface area contributed by atoms with Gasteiger partial charge in [0, 0.05) is 57.7 Å². The van der Waals surface area contributed by atoms with Crippen LogP contribution in [0.15, 0.2) is 175 Å². The molecule has 0 bridgehead atoms. The second-order valence-electron chi connectivity index (χ2n) is 12.5. The first-order valence-electron chi connectivity index (χ1n) is 16.5. The molecule has 7 heteroatoms. The average Bonchev–Trinajstić information content (AvgIpc) is 3.86. The molecular formula is C42H29N7. The van der Waals surface area contributed by atoms with E-state index in [-0.39, 0.29) is 12.1 Å². The van der Waals surface area contributed by atoms with E-state index in [1.165, 1.54) is 27.2 Å². The lowest BCUT2D eigenvalue weighted by Gasteiger charge is -2.26. The fourth-order valence-electron chi connectivity index (χ4n) is 7.60. The van der Waals surface area contributed by atoms with E-state index in [9.17, 15) is 0 Å². The molecule has 10 rings (SSSR count). The molecule has 2 unspecified atom stereocenters. The van der Waals surface area contributed by atoms with Crippen molar-refractivity contribution in [3.8, 4) is 11.4 Å². The minimum atomic E-state index is -0.210. The van der Waals surface area contributed by atoms with Crippen LogP contribution in [0.2, 0.25) is 0 Å². The first kappa shape index (κ1) is 27.5. The molecule has 5 heterocycles. The molecule has 0 saturated heterocycles. The summed E-state index contributed by atoms with van der Waals surface area (Å²) >= 11 is 0. The molecule has 0 radical (unpaired) electrons. The zero-order chi connectivity index (χ0) is 32.3. The Balaban J connectivity index is 1.13. The van der Waals surface area contributed by atoms with E-state index in [1.54, 1.807) is 12.4 Å². The lowest BCUT2D eigenvalue weighted by molar-refractivity contribution is 0.602. The fourth-order valence-corrected chi connectivity index (χ4v) is 7.60. The molecule has 5 aromatic carbocycles. The van der Waals surface area contributed by atoms with Crippen LogP contribution in [0, 0.1) is 0 Å². The minimum absolute atomic E-state index is 0.161. The highest BCUT2D eigenvalue weighted by atomic mass is 15.6. The predicted molar refractivity (Wildman–Crippen MR) is 196 cm³/mol. The molecule has 0 spiro atoms. The summed E-state index contributed by atoms with van der Waals surface area (Å²) in [6, 6.07) is 49.1. The van der Waals surface area contributed by atoms with E-state index in [4.69, 9.17) is 10.3 Å². The number of hydrogen-bond donors (Lipinski definition) is 0. The van der Waals surface area contributed by atoms with Crippen LogP contribution in [0.5, 0.6) is 0 Å². The quantitative estimate of drug-likeness (QED) is 0.190. The summed E-state index contributed by atoms with van der Waals surface area (Å²) < 4.78 is 4.74. The molecule has 0 N–H and O–H groups in total. The Hall–Kier alpha value is -6.60. The van der Waals surface area contributed by atoms with Gasteiger partial charge in [-0.25, -0.2) is 5.01 Å². The molecule has 4 aromatic heterocycles. The topological polar surface area (TPSA) is 63.6 Å². The van der Waals surface area contributed by atoms with Gasteiger partial charge in [0.1, 0.15) is 12.1 Å². The van der Waals surface area contributed by atoms with Crippen LogP contribution in [-0.4, -0.2) is 19.1 Å². The standard InChI is InChI=1S/C42H29N7/c1-4-17-37-33(14-1)34-15-2-5-18-38(34)47(37)30-12-7-13-31(24-30)48-39-19-6-3-16-35(39)36-25-32(20-21-40(36)48)49-42(29-11-9-23-44-27-29)41(45-46-49)28-10-8-22-43-26-28/h1-27,41-42H. The van der Waals surface area contributed by atoms with Crippen LogP contribution in [0.25, 0.3) is 55.0 Å². The number of benzene rings is 5. The van der Waals surface area contributed by atoms with Crippen LogP contribution in [0.1, 0.15) is 23.2 Å². The Morgan fingerprint density at radius 3 is 1.57 bits per heavy atom. The van der Waals surface area contributed by atoms with Crippen molar-refractivity contribution in [3.63, 3.8) is 0 Å². The first-order chi connectivity index (χ1) is 24.3. The van der Waals surface area contributed by atoms with Gasteiger partial charge in [0.25, 0.3) is 0 Å². The van der Waals surface area contributed by atoms with Gasteiger partial charge in [-0.3, -0.25) is 9.97 Å². The van der Waals surface area contributed by atoms with Gasteiger partial charge in [-0.05, 0) is 77.9 Å². The molecule has 7 nitrogen and oxygen atoms in total. The largest absolute Gasteiger partial charge is 0.309 e. The number of hydrogen-bond acceptors (Lipinski definition) is 5. The number of pyridine rings is 2. The van der Waals surface area contributed by atoms with E-state index < -0.39 is 0 Å². The third-order valence-electron chi connectivity index (χ3n) is 9.73. The van der Waals surface area contributed by atoms with Crippen LogP contribution < -0.4 is 5.01 Å². The molecule has 0 amide bonds. The molecule has 0 fully saturated rings. The third kappa shape index (κ3) is 4.29. The van der Waals surface area contributed by atoms with Gasteiger partial charge >= 0.3 is 0 Å². The summed E-state index contributed by atoms with van der Waals surface area (Å²) in [6.07, 6.45) is 7.37. The highest BCUT2D eigenvalue weighted by molar-refractivity contribution is 6.11. The lowest BCUT2D eigenvalue weighted by Crippen LogP contribution is -2.23. The van der Waals surface area contributed by atoms with Gasteiger partial charge in [-0.15, -0.1) is 0 Å². The summed E-state index contributed by atoms with van der Waals surface area (Å²) in [5.41, 5.74) is 9.92. The molecule has 1 aliphatic rings. The summed E-state index contributed by atoms with van der Waals surface area (Å²) in [5.74, 6) is 0. The monoisotopic (exact) mass is 631 g/mol. The molecule has 232 valence electrons. The Bertz CT molecular complexity index is 2640. The van der Waals surface area contributed by atoms with Crippen LogP contribution in [-0.2, 0) is 0 Å². The number of para-hydroxylation sites is 3. The van der Waals surface area contributed by atoms with Crippen molar-refractivity contribution in [2.45, 2.75) is 12.1 Å². The number of rotatable bonds is 5. The van der Waals surface area contributed by atoms with Crippen molar-refractivity contribution in [1.82, 2.24) is 19.1 Å². The van der Waals surface area contributed by atoms with Crippen molar-refractivity contribution in [2.75, 3.05) is 5.01 Å². The van der Waals surface area contributed by atoms with Gasteiger partial charge in [-0.1, -0.05) is 78.0 Å². The van der Waals surface area contributed by atoms with Gasteiger partial charge in [0.05, 0.1) is 27.8 Å². The van der Waals surface area contributed by atoms with Crippen molar-refractivity contribution in [2.24, 2.45) is 10.3 Å². The predicted octanol–water partition coefficient (Wildman–Crippen LogP) is 10.3. The van der Waals surface area contributed by atoms with E-state index in [0.29, 0.717) is 0 Å². The molecular weight excluding hydrogens is 603 g/mol. The molecule has 1 aliphatic heterocycles. The normalized spacial score (nSPS) is 16.0. The highest BCUT2D eigenvalue weighted by Gasteiger charge is 2.36. The molecule has 0 saturated carbocycles. The SMILES string of the molecule is c1cncc(C2N=NN(c3ccc4c(c3)c3ccccc3n4-c3cccc(-n4c5ccccc5c5ccccc54)c3)C2c2cccnc2)c1. The first-order valence-corrected chi connectivity index (χ1v) is 16.5. The van der Waals surface area contributed by atoms with Crippen molar-refractivity contribution < 1.29 is 0 Å². The Morgan fingerprint density at radius 1 is 0.429 bits per heavy atom. The van der Waals surface area contributed by atoms with Gasteiger partial charge in [0.15, 0.2) is 0 Å². The molecule has 49 heavy (non-hydrogen) atoms. The maximum Gasteiger partial charge on any atom is 0.126 e.